The number of nitrogens with zero attached hydrogens (tertiary/aromatic N) is 3. The van der Waals surface area contributed by atoms with E-state index in [1.807, 2.05) is 24.4 Å². The van der Waals surface area contributed by atoms with Crippen molar-refractivity contribution < 1.29 is 28.6 Å². The van der Waals surface area contributed by atoms with Crippen molar-refractivity contribution in [2.24, 2.45) is 5.92 Å². The van der Waals surface area contributed by atoms with Crippen LogP contribution in [-0.4, -0.2) is 46.7 Å². The van der Waals surface area contributed by atoms with Gasteiger partial charge in [-0.1, -0.05) is 41.4 Å². The van der Waals surface area contributed by atoms with Crippen molar-refractivity contribution in [3.05, 3.63) is 99.5 Å². The minimum atomic E-state index is -1.02. The Labute approximate surface area is 244 Å². The number of amides is 1. The van der Waals surface area contributed by atoms with Crippen LogP contribution in [0.25, 0.3) is 11.1 Å². The van der Waals surface area contributed by atoms with Gasteiger partial charge in [0.1, 0.15) is 13.2 Å². The lowest BCUT2D eigenvalue weighted by Gasteiger charge is -2.29. The number of aromatic nitrogens is 2. The highest BCUT2D eigenvalue weighted by Crippen LogP contribution is 2.57. The van der Waals surface area contributed by atoms with E-state index in [1.54, 1.807) is 34.0 Å². The highest BCUT2D eigenvalue weighted by atomic mass is 35.5. The second kappa shape index (κ2) is 11.1. The average Bonchev–Trinajstić information content (AvgIpc) is 3.61. The van der Waals surface area contributed by atoms with E-state index in [-0.39, 0.29) is 29.5 Å². The van der Waals surface area contributed by atoms with Gasteiger partial charge in [0.15, 0.2) is 11.6 Å². The predicted octanol–water partition coefficient (Wildman–Crippen LogP) is 6.88. The topological polar surface area (TPSA) is 93.9 Å². The highest BCUT2D eigenvalue weighted by molar-refractivity contribution is 6.31. The van der Waals surface area contributed by atoms with Crippen LogP contribution in [0.4, 0.5) is 14.9 Å². The van der Waals surface area contributed by atoms with Crippen molar-refractivity contribution in [3.8, 4) is 16.9 Å². The quantitative estimate of drug-likeness (QED) is 0.223. The number of aromatic carboxylic acids is 1. The molecule has 0 radical (unpaired) electrons. The van der Waals surface area contributed by atoms with Gasteiger partial charge in [0, 0.05) is 23.3 Å². The lowest BCUT2D eigenvalue weighted by Crippen LogP contribution is -2.37. The van der Waals surface area contributed by atoms with Gasteiger partial charge < -0.3 is 14.6 Å². The van der Waals surface area contributed by atoms with Crippen molar-refractivity contribution in [2.45, 2.75) is 18.9 Å². The number of carboxylic acid groups (broad SMARTS) is 1. The first-order valence-corrected chi connectivity index (χ1v) is 13.7. The van der Waals surface area contributed by atoms with Gasteiger partial charge in [-0.2, -0.15) is 5.10 Å². The van der Waals surface area contributed by atoms with Gasteiger partial charge in [-0.05, 0) is 71.3 Å². The first-order chi connectivity index (χ1) is 19.8. The van der Waals surface area contributed by atoms with Crippen molar-refractivity contribution in [1.29, 1.82) is 0 Å². The molecule has 2 heterocycles. The number of fused-ring (bicyclic) bond motifs is 3. The fourth-order valence-corrected chi connectivity index (χ4v) is 5.63. The summed E-state index contributed by atoms with van der Waals surface area (Å²) >= 11 is 12.1. The van der Waals surface area contributed by atoms with Crippen LogP contribution in [0.1, 0.15) is 33.8 Å². The molecule has 11 heteroatoms. The summed E-state index contributed by atoms with van der Waals surface area (Å²) in [5.41, 5.74) is 4.52. The number of rotatable bonds is 8. The first-order valence-electron chi connectivity index (χ1n) is 13.0. The molecule has 1 N–H and O–H groups in total. The molecule has 8 nitrogen and oxygen atoms in total. The number of benzene rings is 3. The van der Waals surface area contributed by atoms with E-state index in [1.165, 1.54) is 18.2 Å². The van der Waals surface area contributed by atoms with Crippen LogP contribution >= 0.6 is 23.2 Å². The van der Waals surface area contributed by atoms with Gasteiger partial charge in [0.25, 0.3) is 0 Å². The zero-order valence-corrected chi connectivity index (χ0v) is 23.1. The Morgan fingerprint density at radius 1 is 1.07 bits per heavy atom. The SMILES string of the molecule is O=C(O)c1ccc(Cl)c(Cn2cc(-c3cccc4c3C3CC3CN4C(=O)OCCOc3cccc(Cl)c3F)cn2)c1. The minimum absolute atomic E-state index is 0.000242. The smallest absolute Gasteiger partial charge is 0.414 e. The molecule has 2 unspecified atom stereocenters. The lowest BCUT2D eigenvalue weighted by molar-refractivity contribution is 0.0696. The van der Waals surface area contributed by atoms with E-state index in [0.717, 1.165) is 28.8 Å². The maximum atomic E-state index is 14.0. The Bertz CT molecular complexity index is 1660. The van der Waals surface area contributed by atoms with Crippen molar-refractivity contribution in [3.63, 3.8) is 0 Å². The van der Waals surface area contributed by atoms with Crippen LogP contribution < -0.4 is 9.64 Å². The van der Waals surface area contributed by atoms with Gasteiger partial charge in [-0.3, -0.25) is 9.58 Å². The second-order valence-electron chi connectivity index (χ2n) is 10.0. The van der Waals surface area contributed by atoms with E-state index in [2.05, 4.69) is 5.10 Å². The van der Waals surface area contributed by atoms with E-state index in [4.69, 9.17) is 32.7 Å². The number of hydrogen-bond donors (Lipinski definition) is 1. The average molecular weight is 596 g/mol. The van der Waals surface area contributed by atoms with Crippen LogP contribution in [0, 0.1) is 11.7 Å². The maximum Gasteiger partial charge on any atom is 0.414 e. The molecular weight excluding hydrogens is 572 g/mol. The summed E-state index contributed by atoms with van der Waals surface area (Å²) in [6.45, 7) is 0.791. The van der Waals surface area contributed by atoms with Gasteiger partial charge in [-0.15, -0.1) is 0 Å². The predicted molar refractivity (Wildman–Crippen MR) is 152 cm³/mol. The standard InChI is InChI=1S/C30H24Cl2FN3O5/c31-23-8-7-17(29(37)38)11-19(23)14-35-15-20(13-34-35)21-3-1-5-25-27(21)22-12-18(22)16-36(25)30(39)41-10-9-40-26-6-2-4-24(32)28(26)33/h1-8,11,13,15,18,22H,9-10,12,14,16H2,(H,37,38). The van der Waals surface area contributed by atoms with Crippen molar-refractivity contribution >= 4 is 41.0 Å². The molecular formula is C30H24Cl2FN3O5. The Morgan fingerprint density at radius 2 is 1.90 bits per heavy atom. The minimum Gasteiger partial charge on any atom is -0.487 e. The summed E-state index contributed by atoms with van der Waals surface area (Å²) < 4.78 is 26.6. The van der Waals surface area contributed by atoms with E-state index in [0.29, 0.717) is 35.5 Å². The van der Waals surface area contributed by atoms with Crippen LogP contribution in [-0.2, 0) is 11.3 Å². The molecule has 1 aliphatic heterocycles. The van der Waals surface area contributed by atoms with Crippen LogP contribution in [0.2, 0.25) is 10.0 Å². The summed E-state index contributed by atoms with van der Waals surface area (Å²) in [7, 11) is 0. The molecule has 2 aliphatic rings. The zero-order chi connectivity index (χ0) is 28.7. The fraction of sp³-hybridized carbons (Fsp3) is 0.233. The van der Waals surface area contributed by atoms with E-state index >= 15 is 0 Å². The molecule has 1 fully saturated rings. The number of carbonyl (C=O) groups excluding carboxylic acids is 1. The van der Waals surface area contributed by atoms with Crippen LogP contribution in [0.5, 0.6) is 5.75 Å². The molecule has 0 bridgehead atoms. The highest BCUT2D eigenvalue weighted by Gasteiger charge is 2.48. The number of carboxylic acids is 1. The summed E-state index contributed by atoms with van der Waals surface area (Å²) in [6, 6.07) is 14.9. The normalized spacial score (nSPS) is 17.0. The molecule has 0 saturated heterocycles. The first kappa shape index (κ1) is 27.1. The van der Waals surface area contributed by atoms with E-state index < -0.39 is 17.9 Å². The van der Waals surface area contributed by atoms with Crippen molar-refractivity contribution in [1.82, 2.24) is 9.78 Å². The van der Waals surface area contributed by atoms with Gasteiger partial charge in [0.2, 0.25) is 0 Å². The van der Waals surface area contributed by atoms with Crippen molar-refractivity contribution in [2.75, 3.05) is 24.7 Å². The number of halogens is 3. The zero-order valence-electron chi connectivity index (χ0n) is 21.6. The molecule has 0 spiro atoms. The van der Waals surface area contributed by atoms with Gasteiger partial charge in [0.05, 0.1) is 29.0 Å². The number of carbonyl (C=O) groups is 2. The summed E-state index contributed by atoms with van der Waals surface area (Å²) in [4.78, 5) is 26.1. The van der Waals surface area contributed by atoms with E-state index in [9.17, 15) is 19.1 Å². The number of hydrogen-bond acceptors (Lipinski definition) is 5. The molecule has 1 saturated carbocycles. The number of ether oxygens (including phenoxy) is 2. The molecule has 6 rings (SSSR count). The Balaban J connectivity index is 1.17. The molecule has 1 aliphatic carbocycles. The lowest BCUT2D eigenvalue weighted by atomic mass is 9.93. The third-order valence-electron chi connectivity index (χ3n) is 7.36. The third-order valence-corrected chi connectivity index (χ3v) is 8.02. The molecule has 1 amide bonds. The summed E-state index contributed by atoms with van der Waals surface area (Å²) in [6.07, 6.45) is 4.12. The van der Waals surface area contributed by atoms with Gasteiger partial charge in [-0.25, -0.2) is 14.0 Å². The Kier molecular flexibility index (Phi) is 7.32. The van der Waals surface area contributed by atoms with Crippen LogP contribution in [0.15, 0.2) is 67.0 Å². The summed E-state index contributed by atoms with van der Waals surface area (Å²) in [5, 5.41) is 14.2. The molecule has 41 heavy (non-hydrogen) atoms. The molecule has 3 aromatic carbocycles. The largest absolute Gasteiger partial charge is 0.487 e. The molecule has 4 aromatic rings. The second-order valence-corrected chi connectivity index (χ2v) is 10.8. The van der Waals surface area contributed by atoms with Crippen LogP contribution in [0.3, 0.4) is 0 Å². The fourth-order valence-electron chi connectivity index (χ4n) is 5.29. The van der Waals surface area contributed by atoms with Gasteiger partial charge >= 0.3 is 12.1 Å². The number of anilines is 1. The summed E-state index contributed by atoms with van der Waals surface area (Å²) in [5.74, 6) is -1.01. The maximum absolute atomic E-state index is 14.0. The molecule has 1 aromatic heterocycles. The molecule has 210 valence electrons. The molecule has 2 atom stereocenters. The third kappa shape index (κ3) is 5.47. The Morgan fingerprint density at radius 3 is 2.73 bits per heavy atom. The Hall–Kier alpha value is -4.08. The monoisotopic (exact) mass is 595 g/mol.